The summed E-state index contributed by atoms with van der Waals surface area (Å²) in [6.07, 6.45) is 3.69. The van der Waals surface area contributed by atoms with Gasteiger partial charge in [0.05, 0.1) is 11.0 Å². The first-order valence-corrected chi connectivity index (χ1v) is 9.04. The molecule has 1 aliphatic rings. The van der Waals surface area contributed by atoms with Gasteiger partial charge in [0.15, 0.2) is 0 Å². The third-order valence-electron chi connectivity index (χ3n) is 5.09. The minimum atomic E-state index is 0.0564. The smallest absolute Gasteiger partial charge is 0.254 e. The molecule has 0 bridgehead atoms. The molecule has 1 aromatic carbocycles. The molecule has 3 aromatic rings. The minimum absolute atomic E-state index is 0.0564. The van der Waals surface area contributed by atoms with E-state index in [-0.39, 0.29) is 11.8 Å². The largest absolute Gasteiger partial charge is 0.373 e. The van der Waals surface area contributed by atoms with E-state index >= 15 is 0 Å². The maximum absolute atomic E-state index is 12.9. The van der Waals surface area contributed by atoms with Gasteiger partial charge in [-0.25, -0.2) is 9.97 Å². The van der Waals surface area contributed by atoms with Crippen LogP contribution in [0.1, 0.15) is 40.5 Å². The fourth-order valence-electron chi connectivity index (χ4n) is 3.66. The van der Waals surface area contributed by atoms with Crippen LogP contribution in [0, 0.1) is 6.92 Å². The summed E-state index contributed by atoms with van der Waals surface area (Å²) in [5, 5.41) is 2.98. The van der Waals surface area contributed by atoms with Crippen molar-refractivity contribution in [2.24, 2.45) is 0 Å². The predicted octanol–water partition coefficient (Wildman–Crippen LogP) is 3.33. The van der Waals surface area contributed by atoms with E-state index in [9.17, 15) is 4.79 Å². The number of hydrogen-bond donors (Lipinski definition) is 2. The summed E-state index contributed by atoms with van der Waals surface area (Å²) in [5.41, 5.74) is 3.94. The summed E-state index contributed by atoms with van der Waals surface area (Å²) >= 11 is 0. The molecule has 1 saturated heterocycles. The highest BCUT2D eigenvalue weighted by Gasteiger charge is 2.27. The molecule has 0 aliphatic carbocycles. The highest BCUT2D eigenvalue weighted by molar-refractivity contribution is 5.95. The van der Waals surface area contributed by atoms with Crippen LogP contribution in [0.3, 0.4) is 0 Å². The van der Waals surface area contributed by atoms with Crippen LogP contribution in [0.25, 0.3) is 11.0 Å². The van der Waals surface area contributed by atoms with Gasteiger partial charge in [-0.05, 0) is 43.5 Å². The maximum Gasteiger partial charge on any atom is 0.254 e. The molecule has 2 N–H and O–H groups in total. The number of fused-ring (bicyclic) bond motifs is 1. The van der Waals surface area contributed by atoms with E-state index in [2.05, 4.69) is 34.3 Å². The molecule has 2 aromatic heterocycles. The summed E-state index contributed by atoms with van der Waals surface area (Å²) in [7, 11) is 1.80. The zero-order chi connectivity index (χ0) is 18.1. The number of aromatic nitrogens is 3. The van der Waals surface area contributed by atoms with Crippen LogP contribution >= 0.6 is 0 Å². The highest BCUT2D eigenvalue weighted by Crippen LogP contribution is 2.28. The van der Waals surface area contributed by atoms with E-state index in [1.165, 1.54) is 5.56 Å². The summed E-state index contributed by atoms with van der Waals surface area (Å²) in [5.74, 6) is 1.99. The lowest BCUT2D eigenvalue weighted by Gasteiger charge is -2.32. The number of amides is 1. The zero-order valence-electron chi connectivity index (χ0n) is 15.1. The highest BCUT2D eigenvalue weighted by atomic mass is 16.2. The third kappa shape index (κ3) is 3.03. The molecule has 6 heteroatoms. The van der Waals surface area contributed by atoms with Crippen LogP contribution in [0.4, 0.5) is 5.82 Å². The number of imidazole rings is 1. The third-order valence-corrected chi connectivity index (χ3v) is 5.09. The number of anilines is 1. The monoisotopic (exact) mass is 349 g/mol. The molecular formula is C20H23N5O. The average molecular weight is 349 g/mol. The number of pyridine rings is 1. The number of likely N-dealkylation sites (tertiary alicyclic amines) is 1. The molecule has 1 aliphatic heterocycles. The number of nitrogens with zero attached hydrogens (tertiary/aromatic N) is 3. The predicted molar refractivity (Wildman–Crippen MR) is 102 cm³/mol. The molecule has 1 atom stereocenters. The minimum Gasteiger partial charge on any atom is -0.373 e. The van der Waals surface area contributed by atoms with Gasteiger partial charge in [0.1, 0.15) is 11.6 Å². The Kier molecular flexibility index (Phi) is 4.32. The number of piperidine rings is 1. The van der Waals surface area contributed by atoms with Crippen LogP contribution in [0.2, 0.25) is 0 Å². The molecule has 1 unspecified atom stereocenters. The van der Waals surface area contributed by atoms with Gasteiger partial charge in [-0.3, -0.25) is 4.79 Å². The fraction of sp³-hybridized carbons (Fsp3) is 0.350. The number of para-hydroxylation sites is 1. The van der Waals surface area contributed by atoms with Crippen LogP contribution in [-0.4, -0.2) is 45.9 Å². The lowest BCUT2D eigenvalue weighted by atomic mass is 9.97. The fourth-order valence-corrected chi connectivity index (χ4v) is 3.66. The number of carbonyl (C=O) groups excluding carboxylic acids is 1. The first-order valence-electron chi connectivity index (χ1n) is 9.04. The number of aryl methyl sites for hydroxylation is 1. The van der Waals surface area contributed by atoms with E-state index in [0.29, 0.717) is 17.9 Å². The Labute approximate surface area is 152 Å². The van der Waals surface area contributed by atoms with Crippen molar-refractivity contribution in [3.8, 4) is 0 Å². The van der Waals surface area contributed by atoms with Crippen molar-refractivity contribution < 1.29 is 4.79 Å². The van der Waals surface area contributed by atoms with Crippen molar-refractivity contribution >= 4 is 22.8 Å². The van der Waals surface area contributed by atoms with Crippen molar-refractivity contribution in [3.63, 3.8) is 0 Å². The van der Waals surface area contributed by atoms with Gasteiger partial charge in [-0.2, -0.15) is 0 Å². The Morgan fingerprint density at radius 3 is 3.04 bits per heavy atom. The van der Waals surface area contributed by atoms with E-state index in [1.54, 1.807) is 25.4 Å². The summed E-state index contributed by atoms with van der Waals surface area (Å²) < 4.78 is 0. The van der Waals surface area contributed by atoms with Crippen LogP contribution < -0.4 is 5.32 Å². The van der Waals surface area contributed by atoms with Crippen molar-refractivity contribution in [3.05, 3.63) is 53.5 Å². The van der Waals surface area contributed by atoms with Crippen molar-refractivity contribution in [2.45, 2.75) is 25.7 Å². The summed E-state index contributed by atoms with van der Waals surface area (Å²) in [4.78, 5) is 27.3. The Morgan fingerprint density at radius 2 is 2.23 bits per heavy atom. The van der Waals surface area contributed by atoms with Crippen molar-refractivity contribution in [1.29, 1.82) is 0 Å². The Balaban J connectivity index is 1.56. The van der Waals surface area contributed by atoms with Crippen molar-refractivity contribution in [2.75, 3.05) is 25.5 Å². The molecule has 0 saturated carbocycles. The van der Waals surface area contributed by atoms with E-state index in [0.717, 1.165) is 36.2 Å². The Morgan fingerprint density at radius 1 is 1.35 bits per heavy atom. The number of aromatic amines is 1. The second kappa shape index (κ2) is 6.78. The van der Waals surface area contributed by atoms with Gasteiger partial charge in [-0.15, -0.1) is 0 Å². The molecule has 3 heterocycles. The van der Waals surface area contributed by atoms with Crippen LogP contribution in [0.15, 0.2) is 36.5 Å². The number of nitrogens with one attached hydrogen (secondary N) is 2. The number of H-pyrrole nitrogens is 1. The molecule has 0 radical (unpaired) electrons. The second-order valence-electron chi connectivity index (χ2n) is 6.86. The first kappa shape index (κ1) is 16.6. The van der Waals surface area contributed by atoms with Crippen LogP contribution in [-0.2, 0) is 0 Å². The van der Waals surface area contributed by atoms with Gasteiger partial charge in [0, 0.05) is 37.8 Å². The summed E-state index contributed by atoms with van der Waals surface area (Å²) in [6, 6.07) is 9.75. The zero-order valence-corrected chi connectivity index (χ0v) is 15.1. The Hall–Kier alpha value is -2.89. The standard InChI is InChI=1S/C20H23N5O/c1-13-5-3-7-16-18(13)24-19(23-16)15-6-4-10-25(12-15)20(26)14-8-9-22-17(11-14)21-2/h3,5,7-9,11,15H,4,6,10,12H2,1-2H3,(H,21,22)(H,23,24). The van der Waals surface area contributed by atoms with E-state index in [1.807, 2.05) is 11.0 Å². The number of rotatable bonds is 3. The molecule has 134 valence electrons. The molecule has 1 fully saturated rings. The topological polar surface area (TPSA) is 73.9 Å². The number of benzene rings is 1. The molecule has 1 amide bonds. The second-order valence-corrected chi connectivity index (χ2v) is 6.86. The summed E-state index contributed by atoms with van der Waals surface area (Å²) in [6.45, 7) is 3.55. The molecule has 6 nitrogen and oxygen atoms in total. The van der Waals surface area contributed by atoms with Gasteiger partial charge >= 0.3 is 0 Å². The van der Waals surface area contributed by atoms with E-state index in [4.69, 9.17) is 4.98 Å². The quantitative estimate of drug-likeness (QED) is 0.761. The number of carbonyl (C=O) groups is 1. The number of hydrogen-bond acceptors (Lipinski definition) is 4. The molecular weight excluding hydrogens is 326 g/mol. The van der Waals surface area contributed by atoms with Crippen LogP contribution in [0.5, 0.6) is 0 Å². The lowest BCUT2D eigenvalue weighted by molar-refractivity contribution is 0.0705. The van der Waals surface area contributed by atoms with Gasteiger partial charge in [0.2, 0.25) is 0 Å². The normalized spacial score (nSPS) is 17.5. The molecule has 4 rings (SSSR count). The maximum atomic E-state index is 12.9. The molecule has 26 heavy (non-hydrogen) atoms. The van der Waals surface area contributed by atoms with Gasteiger partial charge < -0.3 is 15.2 Å². The van der Waals surface area contributed by atoms with Crippen molar-refractivity contribution in [1.82, 2.24) is 19.9 Å². The Bertz CT molecular complexity index is 948. The van der Waals surface area contributed by atoms with Gasteiger partial charge in [0.25, 0.3) is 5.91 Å². The van der Waals surface area contributed by atoms with E-state index < -0.39 is 0 Å². The first-order chi connectivity index (χ1) is 12.7. The lowest BCUT2D eigenvalue weighted by Crippen LogP contribution is -2.39. The molecule has 0 spiro atoms. The van der Waals surface area contributed by atoms with Gasteiger partial charge in [-0.1, -0.05) is 12.1 Å². The average Bonchev–Trinajstić information content (AvgIpc) is 3.13. The SMILES string of the molecule is CNc1cc(C(=O)N2CCCC(c3nc4c(C)cccc4[nH]3)C2)ccn1.